The summed E-state index contributed by atoms with van der Waals surface area (Å²) in [5, 5.41) is 6.10. The van der Waals surface area contributed by atoms with Crippen molar-refractivity contribution in [3.8, 4) is 0 Å². The zero-order valence-electron chi connectivity index (χ0n) is 15.5. The number of aliphatic imine (C=N–C) groups is 1. The second-order valence-electron chi connectivity index (χ2n) is 5.98. The molecule has 0 radical (unpaired) electrons. The Labute approximate surface area is 160 Å². The smallest absolute Gasteiger partial charge is 0.240 e. The highest BCUT2D eigenvalue weighted by Crippen LogP contribution is 2.09. The van der Waals surface area contributed by atoms with E-state index in [2.05, 4.69) is 20.3 Å². The Balaban J connectivity index is 1.73. The molecule has 0 spiro atoms. The van der Waals surface area contributed by atoms with E-state index < -0.39 is 10.0 Å². The lowest BCUT2D eigenvalue weighted by atomic mass is 10.1. The third-order valence-corrected chi connectivity index (χ3v) is 5.39. The maximum Gasteiger partial charge on any atom is 0.240 e. The Morgan fingerprint density at radius 1 is 1.00 bits per heavy atom. The average molecular weight is 393 g/mol. The molecule has 0 saturated heterocycles. The first-order valence-electron chi connectivity index (χ1n) is 8.66. The Morgan fingerprint density at radius 2 is 1.67 bits per heavy atom. The number of nitrogens with zero attached hydrogens (tertiary/aromatic N) is 1. The summed E-state index contributed by atoms with van der Waals surface area (Å²) in [7, 11) is -1.91. The summed E-state index contributed by atoms with van der Waals surface area (Å²) < 4.78 is 40.5. The van der Waals surface area contributed by atoms with Gasteiger partial charge >= 0.3 is 0 Å². The Kier molecular flexibility index (Phi) is 7.75. The van der Waals surface area contributed by atoms with Crippen LogP contribution in [0.15, 0.2) is 58.4 Å². The molecule has 6 nitrogen and oxygen atoms in total. The van der Waals surface area contributed by atoms with Gasteiger partial charge in [-0.25, -0.2) is 17.5 Å². The molecule has 0 aromatic heterocycles. The molecule has 0 bridgehead atoms. The lowest BCUT2D eigenvalue weighted by molar-refractivity contribution is 0.580. The summed E-state index contributed by atoms with van der Waals surface area (Å²) in [5.74, 6) is 0.300. The van der Waals surface area contributed by atoms with E-state index in [4.69, 9.17) is 0 Å². The number of halogens is 1. The fourth-order valence-electron chi connectivity index (χ4n) is 2.40. The third-order valence-electron chi connectivity index (χ3n) is 3.91. The van der Waals surface area contributed by atoms with Gasteiger partial charge < -0.3 is 10.6 Å². The molecule has 3 N–H and O–H groups in total. The van der Waals surface area contributed by atoms with Crippen LogP contribution < -0.4 is 15.4 Å². The zero-order valence-corrected chi connectivity index (χ0v) is 16.3. The molecule has 0 amide bonds. The Bertz CT molecular complexity index is 868. The van der Waals surface area contributed by atoms with Crippen molar-refractivity contribution >= 4 is 16.0 Å². The van der Waals surface area contributed by atoms with Gasteiger partial charge in [-0.1, -0.05) is 35.9 Å². The van der Waals surface area contributed by atoms with Gasteiger partial charge in [0.1, 0.15) is 5.82 Å². The monoisotopic (exact) mass is 392 g/mol. The van der Waals surface area contributed by atoms with Gasteiger partial charge in [-0.05, 0) is 37.1 Å². The number of rotatable bonds is 8. The van der Waals surface area contributed by atoms with Crippen LogP contribution in [0.1, 0.15) is 11.1 Å². The summed E-state index contributed by atoms with van der Waals surface area (Å²) in [4.78, 5) is 4.30. The molecular weight excluding hydrogens is 367 g/mol. The molecule has 0 heterocycles. The van der Waals surface area contributed by atoms with Gasteiger partial charge in [0.25, 0.3) is 0 Å². The van der Waals surface area contributed by atoms with Gasteiger partial charge in [-0.3, -0.25) is 4.99 Å². The average Bonchev–Trinajstić information content (AvgIpc) is 2.65. The van der Waals surface area contributed by atoms with Gasteiger partial charge in [0.15, 0.2) is 5.96 Å². The molecule has 0 aliphatic rings. The third kappa shape index (κ3) is 6.65. The zero-order chi connectivity index (χ0) is 19.7. The minimum Gasteiger partial charge on any atom is -0.356 e. The van der Waals surface area contributed by atoms with Crippen molar-refractivity contribution in [2.24, 2.45) is 4.99 Å². The van der Waals surface area contributed by atoms with E-state index in [1.165, 1.54) is 6.07 Å². The molecule has 146 valence electrons. The summed E-state index contributed by atoms with van der Waals surface area (Å²) >= 11 is 0. The molecule has 0 unspecified atom stereocenters. The molecule has 0 atom stereocenters. The topological polar surface area (TPSA) is 82.6 Å². The van der Waals surface area contributed by atoms with Crippen LogP contribution in [0.4, 0.5) is 4.39 Å². The normalized spacial score (nSPS) is 12.0. The first-order chi connectivity index (χ1) is 12.9. The van der Waals surface area contributed by atoms with Crippen LogP contribution in [0.5, 0.6) is 0 Å². The molecule has 27 heavy (non-hydrogen) atoms. The molecular formula is C19H25FN4O2S. The van der Waals surface area contributed by atoms with Crippen LogP contribution in [0.25, 0.3) is 0 Å². The summed E-state index contributed by atoms with van der Waals surface area (Å²) in [5.41, 5.74) is 1.63. The van der Waals surface area contributed by atoms with Crippen LogP contribution in [-0.2, 0) is 16.4 Å². The number of guanidine groups is 1. The maximum absolute atomic E-state index is 13.6. The summed E-state index contributed by atoms with van der Waals surface area (Å²) in [6, 6.07) is 13.3. The number of sulfonamides is 1. The van der Waals surface area contributed by atoms with Crippen LogP contribution in [-0.4, -0.2) is 41.1 Å². The standard InChI is InChI=1S/C19H25FN4O2S/c1-15-7-9-17(10-8-15)27(25,26)24-14-13-23-19(21-2)22-12-11-16-5-3-4-6-18(16)20/h3-10,24H,11-14H2,1-2H3,(H2,21,22,23). The van der Waals surface area contributed by atoms with E-state index in [1.807, 2.05) is 6.92 Å². The van der Waals surface area contributed by atoms with E-state index in [0.29, 0.717) is 31.0 Å². The van der Waals surface area contributed by atoms with Crippen LogP contribution in [0, 0.1) is 12.7 Å². The highest BCUT2D eigenvalue weighted by Gasteiger charge is 2.12. The predicted molar refractivity (Wildman–Crippen MR) is 106 cm³/mol. The molecule has 8 heteroatoms. The van der Waals surface area contributed by atoms with Crippen molar-refractivity contribution in [2.45, 2.75) is 18.2 Å². The second-order valence-corrected chi connectivity index (χ2v) is 7.74. The summed E-state index contributed by atoms with van der Waals surface area (Å²) in [6.45, 7) is 2.99. The van der Waals surface area contributed by atoms with Crippen LogP contribution >= 0.6 is 0 Å². The number of aryl methyl sites for hydroxylation is 1. The first-order valence-corrected chi connectivity index (χ1v) is 10.1. The van der Waals surface area contributed by atoms with Crippen molar-refractivity contribution in [3.05, 3.63) is 65.5 Å². The maximum atomic E-state index is 13.6. The molecule has 0 fully saturated rings. The van der Waals surface area contributed by atoms with E-state index >= 15 is 0 Å². The van der Waals surface area contributed by atoms with E-state index in [-0.39, 0.29) is 17.3 Å². The van der Waals surface area contributed by atoms with Crippen molar-refractivity contribution in [1.82, 2.24) is 15.4 Å². The molecule has 0 aliphatic carbocycles. The minimum atomic E-state index is -3.53. The summed E-state index contributed by atoms with van der Waals surface area (Å²) in [6.07, 6.45) is 0.521. The van der Waals surface area contributed by atoms with Crippen molar-refractivity contribution < 1.29 is 12.8 Å². The fraction of sp³-hybridized carbons (Fsp3) is 0.316. The predicted octanol–water partition coefficient (Wildman–Crippen LogP) is 1.82. The van der Waals surface area contributed by atoms with Gasteiger partial charge in [-0.2, -0.15) is 0 Å². The van der Waals surface area contributed by atoms with Crippen molar-refractivity contribution in [3.63, 3.8) is 0 Å². The number of benzene rings is 2. The largest absolute Gasteiger partial charge is 0.356 e. The number of hydrogen-bond acceptors (Lipinski definition) is 3. The minimum absolute atomic E-state index is 0.213. The molecule has 0 saturated carbocycles. The Hall–Kier alpha value is -2.45. The van der Waals surface area contributed by atoms with E-state index in [9.17, 15) is 12.8 Å². The first kappa shape index (κ1) is 20.9. The molecule has 0 aliphatic heterocycles. The van der Waals surface area contributed by atoms with Gasteiger partial charge in [0.05, 0.1) is 4.90 Å². The van der Waals surface area contributed by atoms with Crippen LogP contribution in [0.3, 0.4) is 0 Å². The van der Waals surface area contributed by atoms with Gasteiger partial charge in [-0.15, -0.1) is 0 Å². The Morgan fingerprint density at radius 3 is 2.33 bits per heavy atom. The quantitative estimate of drug-likeness (QED) is 0.364. The van der Waals surface area contributed by atoms with Gasteiger partial charge in [0, 0.05) is 26.7 Å². The van der Waals surface area contributed by atoms with Crippen molar-refractivity contribution in [1.29, 1.82) is 0 Å². The van der Waals surface area contributed by atoms with Gasteiger partial charge in [0.2, 0.25) is 10.0 Å². The number of nitrogens with one attached hydrogen (secondary N) is 3. The SMILES string of the molecule is CN=C(NCCNS(=O)(=O)c1ccc(C)cc1)NCCc1ccccc1F. The van der Waals surface area contributed by atoms with Crippen molar-refractivity contribution in [2.75, 3.05) is 26.7 Å². The van der Waals surface area contributed by atoms with E-state index in [0.717, 1.165) is 5.56 Å². The second kappa shape index (κ2) is 10.0. The molecule has 2 aromatic carbocycles. The molecule has 2 aromatic rings. The lowest BCUT2D eigenvalue weighted by Gasteiger charge is -2.13. The van der Waals surface area contributed by atoms with E-state index in [1.54, 1.807) is 49.5 Å². The highest BCUT2D eigenvalue weighted by atomic mass is 32.2. The highest BCUT2D eigenvalue weighted by molar-refractivity contribution is 7.89. The molecule has 2 rings (SSSR count). The lowest BCUT2D eigenvalue weighted by Crippen LogP contribution is -2.42. The fourth-order valence-corrected chi connectivity index (χ4v) is 3.44. The van der Waals surface area contributed by atoms with Crippen LogP contribution in [0.2, 0.25) is 0 Å². The number of hydrogen-bond donors (Lipinski definition) is 3.